The number of nitrogens with zero attached hydrogens (tertiary/aromatic N) is 3. The van der Waals surface area contributed by atoms with Crippen LogP contribution in [0.1, 0.15) is 0 Å². The summed E-state index contributed by atoms with van der Waals surface area (Å²) < 4.78 is 0. The lowest BCUT2D eigenvalue weighted by Gasteiger charge is -2.19. The van der Waals surface area contributed by atoms with Crippen LogP contribution in [0.15, 0.2) is 188 Å². The van der Waals surface area contributed by atoms with E-state index in [-0.39, 0.29) is 0 Å². The van der Waals surface area contributed by atoms with E-state index in [0.717, 1.165) is 22.4 Å². The quantitative estimate of drug-likeness (QED) is 0.172. The molecule has 8 aromatic carbocycles. The Hall–Kier alpha value is -6.97. The van der Waals surface area contributed by atoms with E-state index in [9.17, 15) is 0 Å². The van der Waals surface area contributed by atoms with E-state index in [2.05, 4.69) is 173 Å². The summed E-state index contributed by atoms with van der Waals surface area (Å²) in [5, 5.41) is 9.95. The van der Waals surface area contributed by atoms with Crippen molar-refractivity contribution in [3.05, 3.63) is 188 Å². The lowest BCUT2D eigenvalue weighted by Crippen LogP contribution is -1.92. The van der Waals surface area contributed by atoms with Crippen molar-refractivity contribution in [2.75, 3.05) is 0 Å². The third-order valence-corrected chi connectivity index (χ3v) is 10.2. The van der Waals surface area contributed by atoms with Gasteiger partial charge in [-0.15, -0.1) is 0 Å². The normalized spacial score (nSPS) is 11.5. The second kappa shape index (κ2) is 12.4. The Morgan fingerprint density at radius 3 is 1.37 bits per heavy atom. The van der Waals surface area contributed by atoms with E-state index in [1.54, 1.807) is 12.4 Å². The average Bonchev–Trinajstić information content (AvgIpc) is 3.22. The number of benzene rings is 8. The van der Waals surface area contributed by atoms with Crippen molar-refractivity contribution in [1.82, 2.24) is 15.0 Å². The van der Waals surface area contributed by atoms with Gasteiger partial charge in [0.1, 0.15) is 5.69 Å². The van der Waals surface area contributed by atoms with Crippen LogP contribution < -0.4 is 0 Å². The monoisotopic (exact) mass is 661 g/mol. The van der Waals surface area contributed by atoms with Crippen molar-refractivity contribution in [3.63, 3.8) is 0 Å². The standard InChI is InChI=1S/C49H31N3/c1-3-10-36-28-39(20-18-32(36)8-1)47-42-12-5-6-13-43(42)48(40-21-19-33-9-2-4-11-37(33)29-40)45-30-38(22-24-44(45)47)34-14-16-35(17-15-34)41-23-25-46(52-31-41)49-50-26-7-27-51-49/h1-31H. The Balaban J connectivity index is 1.15. The SMILES string of the molecule is c1cnc(-c2ccc(-c3ccc(-c4ccc5c(-c6ccc7ccccc7c6)c6ccccc6c(-c6ccc7ccccc7c6)c5c4)cc3)cn2)nc1. The van der Waals surface area contributed by atoms with Crippen molar-refractivity contribution in [1.29, 1.82) is 0 Å². The molecule has 0 radical (unpaired) electrons. The van der Waals surface area contributed by atoms with Gasteiger partial charge in [-0.05, 0) is 112 Å². The summed E-state index contributed by atoms with van der Waals surface area (Å²) in [6.07, 6.45) is 5.37. The van der Waals surface area contributed by atoms with E-state index >= 15 is 0 Å². The van der Waals surface area contributed by atoms with Crippen molar-refractivity contribution in [2.45, 2.75) is 0 Å². The van der Waals surface area contributed by atoms with Crippen molar-refractivity contribution >= 4 is 43.1 Å². The molecule has 2 aromatic heterocycles. The summed E-state index contributed by atoms with van der Waals surface area (Å²) in [5.74, 6) is 0.625. The zero-order valence-electron chi connectivity index (χ0n) is 28.2. The molecule has 0 aliphatic carbocycles. The molecule has 3 heteroatoms. The van der Waals surface area contributed by atoms with Gasteiger partial charge in [0.05, 0.1) is 0 Å². The highest BCUT2D eigenvalue weighted by atomic mass is 14.9. The second-order valence-electron chi connectivity index (χ2n) is 13.3. The molecule has 0 saturated heterocycles. The van der Waals surface area contributed by atoms with E-state index in [4.69, 9.17) is 0 Å². The molecule has 0 fully saturated rings. The summed E-state index contributed by atoms with van der Waals surface area (Å²) in [4.78, 5) is 13.3. The molecule has 0 spiro atoms. The molecule has 3 nitrogen and oxygen atoms in total. The van der Waals surface area contributed by atoms with Gasteiger partial charge in [0.2, 0.25) is 0 Å². The maximum atomic E-state index is 4.65. The average molecular weight is 662 g/mol. The van der Waals surface area contributed by atoms with Crippen molar-refractivity contribution in [3.8, 4) is 56.0 Å². The molecule has 10 aromatic rings. The van der Waals surface area contributed by atoms with Crippen LogP contribution in [0.5, 0.6) is 0 Å². The first-order valence-corrected chi connectivity index (χ1v) is 17.6. The van der Waals surface area contributed by atoms with Gasteiger partial charge in [0.15, 0.2) is 5.82 Å². The Bertz CT molecular complexity index is 2930. The Kier molecular flexibility index (Phi) is 7.14. The molecule has 10 rings (SSSR count). The minimum Gasteiger partial charge on any atom is -0.252 e. The minimum atomic E-state index is 0.625. The molecule has 0 N–H and O–H groups in total. The summed E-state index contributed by atoms with van der Waals surface area (Å²) in [5.41, 5.74) is 10.2. The number of rotatable bonds is 5. The maximum absolute atomic E-state index is 4.65. The zero-order valence-corrected chi connectivity index (χ0v) is 28.2. The van der Waals surface area contributed by atoms with E-state index < -0.39 is 0 Å². The first kappa shape index (κ1) is 29.9. The van der Waals surface area contributed by atoms with Crippen LogP contribution in [-0.4, -0.2) is 15.0 Å². The van der Waals surface area contributed by atoms with Crippen LogP contribution >= 0.6 is 0 Å². The van der Waals surface area contributed by atoms with E-state index in [1.807, 2.05) is 18.3 Å². The second-order valence-corrected chi connectivity index (χ2v) is 13.3. The molecule has 0 aliphatic heterocycles. The molecule has 0 saturated carbocycles. The Labute approximate surface area is 301 Å². The molecule has 0 atom stereocenters. The lowest BCUT2D eigenvalue weighted by molar-refractivity contribution is 1.14. The van der Waals surface area contributed by atoms with Gasteiger partial charge in [-0.1, -0.05) is 140 Å². The van der Waals surface area contributed by atoms with Crippen LogP contribution in [0.25, 0.3) is 99.1 Å². The van der Waals surface area contributed by atoms with Crippen LogP contribution in [0.2, 0.25) is 0 Å². The smallest absolute Gasteiger partial charge is 0.178 e. The molecule has 0 unspecified atom stereocenters. The summed E-state index contributed by atoms with van der Waals surface area (Å²) in [6, 6.07) is 61.5. The molecule has 2 heterocycles. The van der Waals surface area contributed by atoms with Gasteiger partial charge >= 0.3 is 0 Å². The predicted molar refractivity (Wildman–Crippen MR) is 217 cm³/mol. The van der Waals surface area contributed by atoms with Crippen LogP contribution in [-0.2, 0) is 0 Å². The van der Waals surface area contributed by atoms with Gasteiger partial charge in [0, 0.05) is 24.2 Å². The zero-order chi connectivity index (χ0) is 34.4. The largest absolute Gasteiger partial charge is 0.252 e. The lowest BCUT2D eigenvalue weighted by atomic mass is 9.84. The molecule has 52 heavy (non-hydrogen) atoms. The predicted octanol–water partition coefficient (Wildman–Crippen LogP) is 12.8. The van der Waals surface area contributed by atoms with Gasteiger partial charge in [-0.3, -0.25) is 4.98 Å². The molecule has 0 aliphatic rings. The maximum Gasteiger partial charge on any atom is 0.178 e. The summed E-state index contributed by atoms with van der Waals surface area (Å²) >= 11 is 0. The molecule has 242 valence electrons. The van der Waals surface area contributed by atoms with Gasteiger partial charge < -0.3 is 0 Å². The van der Waals surface area contributed by atoms with E-state index in [1.165, 1.54) is 70.9 Å². The minimum absolute atomic E-state index is 0.625. The molecular formula is C49H31N3. The van der Waals surface area contributed by atoms with Crippen LogP contribution in [0.4, 0.5) is 0 Å². The number of fused-ring (bicyclic) bond motifs is 4. The third-order valence-electron chi connectivity index (χ3n) is 10.2. The summed E-state index contributed by atoms with van der Waals surface area (Å²) in [6.45, 7) is 0. The number of hydrogen-bond donors (Lipinski definition) is 0. The fourth-order valence-electron chi connectivity index (χ4n) is 7.65. The summed E-state index contributed by atoms with van der Waals surface area (Å²) in [7, 11) is 0. The molecule has 0 amide bonds. The van der Waals surface area contributed by atoms with Gasteiger partial charge in [0.25, 0.3) is 0 Å². The highest BCUT2D eigenvalue weighted by Crippen LogP contribution is 2.45. The van der Waals surface area contributed by atoms with Crippen molar-refractivity contribution < 1.29 is 0 Å². The fourth-order valence-corrected chi connectivity index (χ4v) is 7.65. The van der Waals surface area contributed by atoms with Crippen molar-refractivity contribution in [2.24, 2.45) is 0 Å². The number of aromatic nitrogens is 3. The highest BCUT2D eigenvalue weighted by Gasteiger charge is 2.18. The van der Waals surface area contributed by atoms with Gasteiger partial charge in [-0.2, -0.15) is 0 Å². The first-order valence-electron chi connectivity index (χ1n) is 17.6. The van der Waals surface area contributed by atoms with Crippen LogP contribution in [0.3, 0.4) is 0 Å². The topological polar surface area (TPSA) is 38.7 Å². The molecule has 0 bridgehead atoms. The highest BCUT2D eigenvalue weighted by molar-refractivity contribution is 6.22. The van der Waals surface area contributed by atoms with Gasteiger partial charge in [-0.25, -0.2) is 9.97 Å². The number of hydrogen-bond acceptors (Lipinski definition) is 3. The number of pyridine rings is 1. The first-order chi connectivity index (χ1) is 25.8. The van der Waals surface area contributed by atoms with E-state index in [0.29, 0.717) is 5.82 Å². The van der Waals surface area contributed by atoms with Crippen LogP contribution in [0, 0.1) is 0 Å². The molecular weight excluding hydrogens is 631 g/mol. The third kappa shape index (κ3) is 5.19. The Morgan fingerprint density at radius 2 is 0.769 bits per heavy atom. The fraction of sp³-hybridized carbons (Fsp3) is 0. The Morgan fingerprint density at radius 1 is 0.288 bits per heavy atom.